The summed E-state index contributed by atoms with van der Waals surface area (Å²) in [6.45, 7) is 3.68. The standard InChI is InChI=1S/C28H25F3N6O3S/c1-18-14-23(39-3)12-13-24(18)37-26(41-16-27(37,2)38)34-33-15-19-4-6-20(7-5-19)25-32-17-36(35-25)21-8-10-22(11-9-21)40-28(29,30)31/h4-15,17,38H,16H2,1-3H3/b33-15+,34-26-. The number of anilines is 1. The minimum Gasteiger partial charge on any atom is -0.497 e. The number of hydrogen-bond acceptors (Lipinski definition) is 8. The van der Waals surface area contributed by atoms with Crippen LogP contribution in [0.15, 0.2) is 83.3 Å². The summed E-state index contributed by atoms with van der Waals surface area (Å²) in [6.07, 6.45) is -1.66. The van der Waals surface area contributed by atoms with Gasteiger partial charge in [-0.15, -0.1) is 23.4 Å². The molecule has 1 N–H and O–H groups in total. The summed E-state index contributed by atoms with van der Waals surface area (Å²) in [6, 6.07) is 18.3. The molecule has 0 bridgehead atoms. The average molecular weight is 583 g/mol. The van der Waals surface area contributed by atoms with Gasteiger partial charge < -0.3 is 14.6 Å². The predicted molar refractivity (Wildman–Crippen MR) is 152 cm³/mol. The molecule has 9 nitrogen and oxygen atoms in total. The third-order valence-electron chi connectivity index (χ3n) is 6.14. The first-order valence-corrected chi connectivity index (χ1v) is 13.3. The number of halogens is 3. The van der Waals surface area contributed by atoms with Crippen LogP contribution >= 0.6 is 11.8 Å². The number of aryl methyl sites for hydroxylation is 1. The van der Waals surface area contributed by atoms with Crippen LogP contribution < -0.4 is 14.4 Å². The van der Waals surface area contributed by atoms with Crippen LogP contribution in [-0.4, -0.2) is 56.2 Å². The summed E-state index contributed by atoms with van der Waals surface area (Å²) < 4.78 is 47.8. The maximum atomic E-state index is 12.4. The van der Waals surface area contributed by atoms with E-state index in [1.165, 1.54) is 47.0 Å². The molecule has 1 fully saturated rings. The van der Waals surface area contributed by atoms with Crippen molar-refractivity contribution in [3.05, 3.63) is 84.2 Å². The van der Waals surface area contributed by atoms with E-state index in [1.54, 1.807) is 25.1 Å². The molecule has 13 heteroatoms. The summed E-state index contributed by atoms with van der Waals surface area (Å²) in [5, 5.41) is 24.6. The first-order chi connectivity index (χ1) is 19.5. The van der Waals surface area contributed by atoms with Gasteiger partial charge in [-0.2, -0.15) is 5.10 Å². The lowest BCUT2D eigenvalue weighted by molar-refractivity contribution is -0.274. The molecular formula is C28H25F3N6O3S. The van der Waals surface area contributed by atoms with Gasteiger partial charge in [-0.1, -0.05) is 36.0 Å². The van der Waals surface area contributed by atoms with Crippen molar-refractivity contribution in [1.82, 2.24) is 14.8 Å². The van der Waals surface area contributed by atoms with E-state index >= 15 is 0 Å². The lowest BCUT2D eigenvalue weighted by atomic mass is 10.1. The van der Waals surface area contributed by atoms with Gasteiger partial charge in [0, 0.05) is 17.0 Å². The zero-order chi connectivity index (χ0) is 29.2. The molecule has 1 aliphatic heterocycles. The minimum atomic E-state index is -4.75. The van der Waals surface area contributed by atoms with E-state index < -0.39 is 12.1 Å². The molecule has 1 unspecified atom stereocenters. The lowest BCUT2D eigenvalue weighted by Gasteiger charge is -2.31. The number of benzene rings is 3. The molecule has 0 spiro atoms. The number of methoxy groups -OCH3 is 1. The molecule has 3 aromatic carbocycles. The maximum absolute atomic E-state index is 12.4. The van der Waals surface area contributed by atoms with Crippen LogP contribution in [-0.2, 0) is 0 Å². The van der Waals surface area contributed by atoms with Gasteiger partial charge in [0.25, 0.3) is 0 Å². The molecule has 0 aliphatic carbocycles. The third kappa shape index (κ3) is 6.52. The van der Waals surface area contributed by atoms with Crippen molar-refractivity contribution in [1.29, 1.82) is 0 Å². The normalized spacial score (nSPS) is 18.4. The van der Waals surface area contributed by atoms with Crippen LogP contribution in [0.2, 0.25) is 0 Å². The van der Waals surface area contributed by atoms with Crippen molar-refractivity contribution < 1.29 is 27.8 Å². The Hall–Kier alpha value is -4.36. The number of amidine groups is 1. The highest BCUT2D eigenvalue weighted by molar-refractivity contribution is 8.14. The van der Waals surface area contributed by atoms with Gasteiger partial charge in [-0.05, 0) is 67.4 Å². The fourth-order valence-corrected chi connectivity index (χ4v) is 5.22. The van der Waals surface area contributed by atoms with Crippen LogP contribution in [0, 0.1) is 6.92 Å². The van der Waals surface area contributed by atoms with E-state index in [-0.39, 0.29) is 5.75 Å². The molecule has 0 amide bonds. The third-order valence-corrected chi connectivity index (χ3v) is 7.35. The van der Waals surface area contributed by atoms with Crippen LogP contribution in [0.5, 0.6) is 11.5 Å². The number of thioether (sulfide) groups is 1. The lowest BCUT2D eigenvalue weighted by Crippen LogP contribution is -2.45. The molecule has 1 atom stereocenters. The Labute approximate surface area is 238 Å². The Bertz CT molecular complexity index is 1590. The highest BCUT2D eigenvalue weighted by Crippen LogP contribution is 2.38. The molecule has 2 heterocycles. The van der Waals surface area contributed by atoms with Crippen molar-refractivity contribution >= 4 is 28.8 Å². The molecule has 1 aromatic heterocycles. The van der Waals surface area contributed by atoms with Crippen molar-refractivity contribution in [3.63, 3.8) is 0 Å². The summed E-state index contributed by atoms with van der Waals surface area (Å²) in [5.74, 6) is 1.30. The number of hydrogen-bond donors (Lipinski definition) is 1. The molecule has 0 saturated carbocycles. The first kappa shape index (κ1) is 28.2. The molecule has 0 radical (unpaired) electrons. The number of aliphatic hydroxyl groups is 1. The van der Waals surface area contributed by atoms with Crippen LogP contribution in [0.3, 0.4) is 0 Å². The van der Waals surface area contributed by atoms with E-state index in [4.69, 9.17) is 4.74 Å². The SMILES string of the molecule is COc1ccc(N2/C(=N/N=C/c3ccc(-c4ncn(-c5ccc(OC(F)(F)F)cc5)n4)cc3)SCC2(C)O)c(C)c1. The summed E-state index contributed by atoms with van der Waals surface area (Å²) in [5.41, 5.74) is 2.69. The quantitative estimate of drug-likeness (QED) is 0.217. The summed E-state index contributed by atoms with van der Waals surface area (Å²) in [7, 11) is 1.61. The van der Waals surface area contributed by atoms with Crippen molar-refractivity contribution in [2.24, 2.45) is 10.2 Å². The van der Waals surface area contributed by atoms with E-state index in [2.05, 4.69) is 25.0 Å². The average Bonchev–Trinajstić information content (AvgIpc) is 3.53. The van der Waals surface area contributed by atoms with Crippen LogP contribution in [0.25, 0.3) is 17.1 Å². The Morgan fingerprint density at radius 1 is 1.05 bits per heavy atom. The van der Waals surface area contributed by atoms with Crippen molar-refractivity contribution in [3.8, 4) is 28.6 Å². The fraction of sp³-hybridized carbons (Fsp3) is 0.214. The highest BCUT2D eigenvalue weighted by atomic mass is 32.2. The van der Waals surface area contributed by atoms with Crippen molar-refractivity contribution in [2.75, 3.05) is 17.8 Å². The number of ether oxygens (including phenoxy) is 2. The largest absolute Gasteiger partial charge is 0.573 e. The Kier molecular flexibility index (Phi) is 7.74. The molecule has 212 valence electrons. The number of aromatic nitrogens is 3. The van der Waals surface area contributed by atoms with Gasteiger partial charge in [0.1, 0.15) is 17.8 Å². The second-order valence-electron chi connectivity index (χ2n) is 9.30. The van der Waals surface area contributed by atoms with Gasteiger partial charge in [0.15, 0.2) is 16.7 Å². The number of alkyl halides is 3. The minimum absolute atomic E-state index is 0.315. The smallest absolute Gasteiger partial charge is 0.497 e. The Balaban J connectivity index is 1.28. The zero-order valence-electron chi connectivity index (χ0n) is 22.2. The Morgan fingerprint density at radius 2 is 1.76 bits per heavy atom. The maximum Gasteiger partial charge on any atom is 0.573 e. The molecule has 41 heavy (non-hydrogen) atoms. The predicted octanol–water partition coefficient (Wildman–Crippen LogP) is 5.80. The van der Waals surface area contributed by atoms with Crippen LogP contribution in [0.1, 0.15) is 18.1 Å². The van der Waals surface area contributed by atoms with Crippen LogP contribution in [0.4, 0.5) is 18.9 Å². The second-order valence-corrected chi connectivity index (χ2v) is 10.2. The van der Waals surface area contributed by atoms with Gasteiger partial charge in [0.2, 0.25) is 0 Å². The van der Waals surface area contributed by atoms with Gasteiger partial charge in [0.05, 0.1) is 19.0 Å². The molecule has 1 saturated heterocycles. The topological polar surface area (TPSA) is 97.4 Å². The second kappa shape index (κ2) is 11.3. The van der Waals surface area contributed by atoms with E-state index in [0.29, 0.717) is 22.4 Å². The van der Waals surface area contributed by atoms with Gasteiger partial charge >= 0.3 is 6.36 Å². The summed E-state index contributed by atoms with van der Waals surface area (Å²) in [4.78, 5) is 6.07. The fourth-order valence-electron chi connectivity index (χ4n) is 4.16. The van der Waals surface area contributed by atoms with E-state index in [0.717, 1.165) is 28.1 Å². The Morgan fingerprint density at radius 3 is 2.41 bits per heavy atom. The molecule has 4 aromatic rings. The summed E-state index contributed by atoms with van der Waals surface area (Å²) >= 11 is 1.41. The molecular weight excluding hydrogens is 557 g/mol. The van der Waals surface area contributed by atoms with Crippen molar-refractivity contribution in [2.45, 2.75) is 25.9 Å². The molecule has 1 aliphatic rings. The van der Waals surface area contributed by atoms with E-state index in [1.807, 2.05) is 49.4 Å². The monoisotopic (exact) mass is 582 g/mol. The van der Waals surface area contributed by atoms with E-state index in [9.17, 15) is 18.3 Å². The number of nitrogens with zero attached hydrogens (tertiary/aromatic N) is 6. The zero-order valence-corrected chi connectivity index (χ0v) is 23.0. The van der Waals surface area contributed by atoms with Gasteiger partial charge in [-0.25, -0.2) is 9.67 Å². The highest BCUT2D eigenvalue weighted by Gasteiger charge is 2.41. The van der Waals surface area contributed by atoms with Gasteiger partial charge in [-0.3, -0.25) is 4.90 Å². The first-order valence-electron chi connectivity index (χ1n) is 12.3. The number of rotatable bonds is 7. The molecule has 5 rings (SSSR count).